The van der Waals surface area contributed by atoms with Crippen molar-refractivity contribution in [1.82, 2.24) is 5.32 Å². The molecule has 0 aliphatic rings. The van der Waals surface area contributed by atoms with E-state index < -0.39 is 0 Å². The predicted octanol–water partition coefficient (Wildman–Crippen LogP) is 1.51. The Hall–Kier alpha value is -1.26. The third kappa shape index (κ3) is 5.89. The summed E-state index contributed by atoms with van der Waals surface area (Å²) in [5.74, 6) is 0.653. The first-order valence-electron chi connectivity index (χ1n) is 5.80. The monoisotopic (exact) mass is 272 g/mol. The number of nitrogens with one attached hydrogen (secondary N) is 1. The second-order valence-electron chi connectivity index (χ2n) is 4.09. The maximum atomic E-state index is 11.4. The number of carbonyl (C=O) groups is 1. The number of aryl methyl sites for hydroxylation is 1. The molecule has 0 radical (unpaired) electrons. The van der Waals surface area contributed by atoms with Crippen molar-refractivity contribution in [2.75, 3.05) is 19.7 Å². The van der Waals surface area contributed by atoms with E-state index in [2.05, 4.69) is 5.32 Å². The molecular weight excluding hydrogens is 252 g/mol. The molecule has 1 amide bonds. The minimum atomic E-state index is -0.144. The molecule has 1 unspecified atom stereocenters. The van der Waals surface area contributed by atoms with Crippen LogP contribution >= 0.6 is 12.4 Å². The molecule has 1 aromatic rings. The van der Waals surface area contributed by atoms with Crippen LogP contribution in [0.4, 0.5) is 0 Å². The second kappa shape index (κ2) is 8.78. The Balaban J connectivity index is 0.00000289. The average Bonchev–Trinajstić information content (AvgIpc) is 2.33. The van der Waals surface area contributed by atoms with Crippen LogP contribution < -0.4 is 15.8 Å². The highest BCUT2D eigenvalue weighted by Gasteiger charge is 2.09. The SMILES string of the molecule is Cc1cccc(OCCNC(=O)C(C)CN)c1.Cl. The minimum Gasteiger partial charge on any atom is -0.492 e. The van der Waals surface area contributed by atoms with Crippen LogP contribution in [0.1, 0.15) is 12.5 Å². The number of carbonyl (C=O) groups excluding carboxylic acids is 1. The zero-order chi connectivity index (χ0) is 12.7. The summed E-state index contributed by atoms with van der Waals surface area (Å²) in [6, 6.07) is 7.82. The van der Waals surface area contributed by atoms with E-state index in [1.165, 1.54) is 0 Å². The summed E-state index contributed by atoms with van der Waals surface area (Å²) in [4.78, 5) is 11.4. The van der Waals surface area contributed by atoms with Gasteiger partial charge in [0.25, 0.3) is 0 Å². The lowest BCUT2D eigenvalue weighted by atomic mass is 10.2. The molecule has 0 aliphatic heterocycles. The van der Waals surface area contributed by atoms with Gasteiger partial charge in [0, 0.05) is 12.5 Å². The van der Waals surface area contributed by atoms with Gasteiger partial charge in [-0.05, 0) is 24.6 Å². The Bertz CT molecular complexity index is 372. The average molecular weight is 273 g/mol. The Labute approximate surface area is 114 Å². The molecule has 0 aromatic heterocycles. The van der Waals surface area contributed by atoms with E-state index >= 15 is 0 Å². The van der Waals surface area contributed by atoms with Crippen LogP contribution in [0, 0.1) is 12.8 Å². The van der Waals surface area contributed by atoms with Gasteiger partial charge in [-0.2, -0.15) is 0 Å². The Morgan fingerprint density at radius 1 is 1.50 bits per heavy atom. The lowest BCUT2D eigenvalue weighted by Gasteiger charge is -2.11. The van der Waals surface area contributed by atoms with Crippen LogP contribution in [0.5, 0.6) is 5.75 Å². The smallest absolute Gasteiger partial charge is 0.224 e. The molecule has 0 aliphatic carbocycles. The fraction of sp³-hybridized carbons (Fsp3) is 0.462. The van der Waals surface area contributed by atoms with Crippen molar-refractivity contribution < 1.29 is 9.53 Å². The summed E-state index contributed by atoms with van der Waals surface area (Å²) >= 11 is 0. The molecule has 1 aromatic carbocycles. The molecule has 0 fully saturated rings. The number of rotatable bonds is 6. The van der Waals surface area contributed by atoms with E-state index in [4.69, 9.17) is 10.5 Å². The molecule has 3 N–H and O–H groups in total. The molecule has 1 rings (SSSR count). The van der Waals surface area contributed by atoms with Gasteiger partial charge >= 0.3 is 0 Å². The van der Waals surface area contributed by atoms with Gasteiger partial charge in [-0.25, -0.2) is 0 Å². The minimum absolute atomic E-state index is 0. The zero-order valence-corrected chi connectivity index (χ0v) is 11.6. The van der Waals surface area contributed by atoms with Gasteiger partial charge in [0.2, 0.25) is 5.91 Å². The van der Waals surface area contributed by atoms with Crippen LogP contribution in [0.25, 0.3) is 0 Å². The first kappa shape index (κ1) is 16.7. The van der Waals surface area contributed by atoms with E-state index in [0.29, 0.717) is 19.7 Å². The maximum Gasteiger partial charge on any atom is 0.224 e. The molecule has 5 heteroatoms. The van der Waals surface area contributed by atoms with Crippen molar-refractivity contribution in [1.29, 1.82) is 0 Å². The second-order valence-corrected chi connectivity index (χ2v) is 4.09. The Kier molecular flexibility index (Phi) is 8.16. The standard InChI is InChI=1S/C13H20N2O2.ClH/c1-10-4-3-5-12(8-10)17-7-6-15-13(16)11(2)9-14;/h3-5,8,11H,6-7,9,14H2,1-2H3,(H,15,16);1H. The lowest BCUT2D eigenvalue weighted by Crippen LogP contribution is -2.35. The first-order valence-corrected chi connectivity index (χ1v) is 5.80. The van der Waals surface area contributed by atoms with Gasteiger partial charge in [-0.15, -0.1) is 12.4 Å². The Morgan fingerprint density at radius 2 is 2.22 bits per heavy atom. The Morgan fingerprint density at radius 3 is 2.83 bits per heavy atom. The van der Waals surface area contributed by atoms with Gasteiger partial charge in [0.1, 0.15) is 12.4 Å². The zero-order valence-electron chi connectivity index (χ0n) is 10.8. The third-order valence-corrected chi connectivity index (χ3v) is 2.46. The van der Waals surface area contributed by atoms with Crippen molar-refractivity contribution in [3.8, 4) is 5.75 Å². The fourth-order valence-electron chi connectivity index (χ4n) is 1.33. The van der Waals surface area contributed by atoms with Crippen LogP contribution in [-0.2, 0) is 4.79 Å². The number of halogens is 1. The topological polar surface area (TPSA) is 64.3 Å². The highest BCUT2D eigenvalue weighted by atomic mass is 35.5. The van der Waals surface area contributed by atoms with Crippen molar-refractivity contribution in [3.63, 3.8) is 0 Å². The predicted molar refractivity (Wildman–Crippen MR) is 75.2 cm³/mol. The van der Waals surface area contributed by atoms with Gasteiger partial charge in [0.15, 0.2) is 0 Å². The number of hydrogen-bond acceptors (Lipinski definition) is 3. The molecule has 0 heterocycles. The van der Waals surface area contributed by atoms with Crippen molar-refractivity contribution in [2.24, 2.45) is 11.7 Å². The van der Waals surface area contributed by atoms with Gasteiger partial charge in [0.05, 0.1) is 6.54 Å². The summed E-state index contributed by atoms with van der Waals surface area (Å²) in [6.45, 7) is 5.14. The van der Waals surface area contributed by atoms with E-state index in [0.717, 1.165) is 11.3 Å². The molecule has 0 saturated carbocycles. The normalized spacial score (nSPS) is 11.3. The van der Waals surface area contributed by atoms with Crippen LogP contribution in [0.3, 0.4) is 0 Å². The number of amides is 1. The van der Waals surface area contributed by atoms with E-state index in [1.807, 2.05) is 31.2 Å². The highest BCUT2D eigenvalue weighted by molar-refractivity contribution is 5.85. The van der Waals surface area contributed by atoms with E-state index in [-0.39, 0.29) is 24.2 Å². The van der Waals surface area contributed by atoms with Crippen molar-refractivity contribution in [3.05, 3.63) is 29.8 Å². The van der Waals surface area contributed by atoms with Gasteiger partial charge in [-0.1, -0.05) is 19.1 Å². The third-order valence-electron chi connectivity index (χ3n) is 2.46. The molecule has 1 atom stereocenters. The van der Waals surface area contributed by atoms with E-state index in [1.54, 1.807) is 6.92 Å². The highest BCUT2D eigenvalue weighted by Crippen LogP contribution is 2.11. The van der Waals surface area contributed by atoms with Crippen LogP contribution in [0.15, 0.2) is 24.3 Å². The van der Waals surface area contributed by atoms with Crippen molar-refractivity contribution >= 4 is 18.3 Å². The lowest BCUT2D eigenvalue weighted by molar-refractivity contribution is -0.124. The molecular formula is C13H21ClN2O2. The van der Waals surface area contributed by atoms with Crippen LogP contribution in [0.2, 0.25) is 0 Å². The van der Waals surface area contributed by atoms with E-state index in [9.17, 15) is 4.79 Å². The molecule has 4 nitrogen and oxygen atoms in total. The van der Waals surface area contributed by atoms with Crippen LogP contribution in [-0.4, -0.2) is 25.6 Å². The number of nitrogens with two attached hydrogens (primary N) is 1. The fourth-order valence-corrected chi connectivity index (χ4v) is 1.33. The molecule has 0 bridgehead atoms. The summed E-state index contributed by atoms with van der Waals surface area (Å²) < 4.78 is 5.50. The number of hydrogen-bond donors (Lipinski definition) is 2. The number of benzene rings is 1. The molecule has 0 saturated heterocycles. The molecule has 102 valence electrons. The summed E-state index contributed by atoms with van der Waals surface area (Å²) in [5, 5.41) is 2.77. The van der Waals surface area contributed by atoms with Crippen molar-refractivity contribution in [2.45, 2.75) is 13.8 Å². The summed E-state index contributed by atoms with van der Waals surface area (Å²) in [5.41, 5.74) is 6.55. The largest absolute Gasteiger partial charge is 0.492 e. The van der Waals surface area contributed by atoms with Gasteiger partial charge < -0.3 is 15.8 Å². The quantitative estimate of drug-likeness (QED) is 0.772. The summed E-state index contributed by atoms with van der Waals surface area (Å²) in [7, 11) is 0. The van der Waals surface area contributed by atoms with Gasteiger partial charge in [-0.3, -0.25) is 4.79 Å². The molecule has 18 heavy (non-hydrogen) atoms. The molecule has 0 spiro atoms. The first-order chi connectivity index (χ1) is 8.13. The summed E-state index contributed by atoms with van der Waals surface area (Å²) in [6.07, 6.45) is 0. The maximum absolute atomic E-state index is 11.4. The number of ether oxygens (including phenoxy) is 1.